The van der Waals surface area contributed by atoms with Crippen LogP contribution < -0.4 is 5.56 Å². The van der Waals surface area contributed by atoms with E-state index in [2.05, 4.69) is 25.9 Å². The summed E-state index contributed by atoms with van der Waals surface area (Å²) in [6.07, 6.45) is 2.09. The number of hydrogen-bond donors (Lipinski definition) is 1. The molecule has 0 saturated heterocycles. The lowest BCUT2D eigenvalue weighted by Crippen LogP contribution is -2.46. The Hall–Kier alpha value is -4.19. The molecule has 1 saturated carbocycles. The van der Waals surface area contributed by atoms with Crippen LogP contribution in [0.1, 0.15) is 58.2 Å². The molecule has 12 heteroatoms. The molecular weight excluding hydrogens is 637 g/mol. The van der Waals surface area contributed by atoms with Crippen LogP contribution >= 0.6 is 15.9 Å². The van der Waals surface area contributed by atoms with Crippen LogP contribution in [0.3, 0.4) is 0 Å². The molecule has 0 spiro atoms. The summed E-state index contributed by atoms with van der Waals surface area (Å²) in [5.41, 5.74) is 4.97. The van der Waals surface area contributed by atoms with Crippen molar-refractivity contribution >= 4 is 27.5 Å². The van der Waals surface area contributed by atoms with Crippen LogP contribution in [0, 0.1) is 12.8 Å². The highest BCUT2D eigenvalue weighted by molar-refractivity contribution is 9.10. The maximum absolute atomic E-state index is 14.3. The number of carbonyl (C=O) groups excluding carboxylic acids is 1. The minimum Gasteiger partial charge on any atom is -0.344 e. The van der Waals surface area contributed by atoms with Gasteiger partial charge in [0.2, 0.25) is 0 Å². The van der Waals surface area contributed by atoms with Crippen molar-refractivity contribution < 1.29 is 18.0 Å². The fraction of sp³-hybridized carbons (Fsp3) is 0.312. The lowest BCUT2D eigenvalue weighted by atomic mass is 9.97. The molecule has 0 radical (unpaired) electrons. The van der Waals surface area contributed by atoms with Crippen molar-refractivity contribution in [1.29, 1.82) is 0 Å². The Morgan fingerprint density at radius 3 is 2.55 bits per heavy atom. The van der Waals surface area contributed by atoms with Gasteiger partial charge in [-0.2, -0.15) is 18.3 Å². The molecule has 7 rings (SSSR count). The highest BCUT2D eigenvalue weighted by atomic mass is 79.9. The van der Waals surface area contributed by atoms with Gasteiger partial charge in [-0.1, -0.05) is 28.1 Å². The molecule has 1 aliphatic heterocycles. The number of imidazole rings is 1. The first kappa shape index (κ1) is 28.6. The molecule has 1 amide bonds. The van der Waals surface area contributed by atoms with E-state index in [0.29, 0.717) is 28.5 Å². The van der Waals surface area contributed by atoms with Crippen molar-refractivity contribution in [2.24, 2.45) is 5.92 Å². The number of aromatic amines is 1. The second-order valence-electron chi connectivity index (χ2n) is 11.7. The first-order valence-electron chi connectivity index (χ1n) is 14.4. The number of H-pyrrole nitrogens is 1. The average Bonchev–Trinajstić information content (AvgIpc) is 3.56. The van der Waals surface area contributed by atoms with E-state index < -0.39 is 23.7 Å². The van der Waals surface area contributed by atoms with Crippen LogP contribution in [0.4, 0.5) is 13.2 Å². The molecule has 5 aromatic rings. The lowest BCUT2D eigenvalue weighted by Gasteiger charge is -2.35. The van der Waals surface area contributed by atoms with E-state index in [1.165, 1.54) is 17.0 Å². The van der Waals surface area contributed by atoms with Gasteiger partial charge in [-0.15, -0.1) is 0 Å². The van der Waals surface area contributed by atoms with Gasteiger partial charge >= 0.3 is 6.18 Å². The summed E-state index contributed by atoms with van der Waals surface area (Å²) >= 11 is 2.95. The van der Waals surface area contributed by atoms with Gasteiger partial charge in [-0.05, 0) is 81.3 Å². The molecule has 44 heavy (non-hydrogen) atoms. The third-order valence-electron chi connectivity index (χ3n) is 8.67. The zero-order valence-electron chi connectivity index (χ0n) is 24.0. The van der Waals surface area contributed by atoms with Gasteiger partial charge in [0, 0.05) is 27.2 Å². The van der Waals surface area contributed by atoms with Gasteiger partial charge in [0.05, 0.1) is 47.4 Å². The number of nitrogens with zero attached hydrogens (tertiary/aromatic N) is 5. The summed E-state index contributed by atoms with van der Waals surface area (Å²) in [7, 11) is 0. The molecule has 226 valence electrons. The third kappa shape index (κ3) is 4.85. The largest absolute Gasteiger partial charge is 0.417 e. The topological polar surface area (TPSA) is 88.3 Å². The van der Waals surface area contributed by atoms with E-state index >= 15 is 0 Å². The Morgan fingerprint density at radius 2 is 1.89 bits per heavy atom. The Bertz CT molecular complexity index is 1990. The number of fused-ring (bicyclic) bond motifs is 3. The van der Waals surface area contributed by atoms with E-state index in [-0.39, 0.29) is 28.6 Å². The molecule has 2 aromatic carbocycles. The predicted octanol–water partition coefficient (Wildman–Crippen LogP) is 6.50. The molecule has 8 nitrogen and oxygen atoms in total. The van der Waals surface area contributed by atoms with Gasteiger partial charge in [-0.25, -0.2) is 9.50 Å². The van der Waals surface area contributed by atoms with Gasteiger partial charge < -0.3 is 9.88 Å². The van der Waals surface area contributed by atoms with Crippen LogP contribution in [0.2, 0.25) is 0 Å². The normalized spacial score (nSPS) is 16.9. The van der Waals surface area contributed by atoms with Gasteiger partial charge in [0.15, 0.2) is 0 Å². The average molecular weight is 666 g/mol. The molecule has 1 fully saturated rings. The fourth-order valence-electron chi connectivity index (χ4n) is 6.15. The minimum atomic E-state index is -4.62. The molecule has 4 heterocycles. The highest BCUT2D eigenvalue weighted by Crippen LogP contribution is 2.37. The molecule has 0 unspecified atom stereocenters. The van der Waals surface area contributed by atoms with Crippen molar-refractivity contribution in [3.05, 3.63) is 103 Å². The number of carbonyl (C=O) groups is 1. The molecular formula is C32H28BrF3N6O2. The Balaban J connectivity index is 1.33. The maximum Gasteiger partial charge on any atom is 0.417 e. The van der Waals surface area contributed by atoms with E-state index in [9.17, 15) is 22.8 Å². The minimum absolute atomic E-state index is 0.0436. The van der Waals surface area contributed by atoms with Crippen molar-refractivity contribution in [3.8, 4) is 16.9 Å². The summed E-state index contributed by atoms with van der Waals surface area (Å²) in [5, 5.41) is 4.71. The number of aryl methyl sites for hydroxylation is 1. The van der Waals surface area contributed by atoms with E-state index in [0.717, 1.165) is 47.8 Å². The van der Waals surface area contributed by atoms with Crippen LogP contribution in [0.5, 0.6) is 0 Å². The Kier molecular flexibility index (Phi) is 6.80. The van der Waals surface area contributed by atoms with Crippen LogP contribution in [0.25, 0.3) is 22.6 Å². The van der Waals surface area contributed by atoms with Gasteiger partial charge in [-0.3, -0.25) is 14.2 Å². The first-order valence-corrected chi connectivity index (χ1v) is 15.2. The number of amides is 1. The molecule has 2 aliphatic rings. The molecule has 1 N–H and O–H groups in total. The zero-order chi connectivity index (χ0) is 30.9. The summed E-state index contributed by atoms with van der Waals surface area (Å²) in [5.74, 6) is 0.000160. The molecule has 1 aliphatic carbocycles. The fourth-order valence-corrected chi connectivity index (χ4v) is 6.62. The maximum atomic E-state index is 14.3. The number of aromatic nitrogens is 5. The van der Waals surface area contributed by atoms with Crippen molar-refractivity contribution in [2.75, 3.05) is 0 Å². The van der Waals surface area contributed by atoms with Gasteiger partial charge in [0.25, 0.3) is 11.5 Å². The number of halogens is 4. The molecule has 1 atom stereocenters. The number of nitrogens with one attached hydrogen (secondary N) is 1. The van der Waals surface area contributed by atoms with Crippen LogP contribution in [-0.2, 0) is 25.6 Å². The Labute approximate surface area is 258 Å². The molecule has 3 aromatic heterocycles. The summed E-state index contributed by atoms with van der Waals surface area (Å²) in [6, 6.07) is 10.8. The van der Waals surface area contributed by atoms with Gasteiger partial charge in [0.1, 0.15) is 5.65 Å². The van der Waals surface area contributed by atoms with Crippen molar-refractivity contribution in [3.63, 3.8) is 0 Å². The summed E-state index contributed by atoms with van der Waals surface area (Å²) in [4.78, 5) is 36.9. The summed E-state index contributed by atoms with van der Waals surface area (Å²) < 4.78 is 44.1. The second kappa shape index (κ2) is 10.5. The predicted molar refractivity (Wildman–Crippen MR) is 162 cm³/mol. The standard InChI is InChI=1S/C32H28BrF3N6O2/c1-17-11-24-27(15-40(17)30(43)21-7-10-26(33)25(13-21)32(34,35)36)42-29(22(14-39-42)12-19-3-4-19)41(31(24)44)23-8-5-20(6-9-23)28-18(2)37-16-38-28/h5-10,13-14,16-17,19H,3-4,11-12,15H2,1-2H3,(H,37,38)/t17-/m0/s1. The quantitative estimate of drug-likeness (QED) is 0.232. The number of rotatable bonds is 5. The van der Waals surface area contributed by atoms with Crippen molar-refractivity contribution in [1.82, 2.24) is 29.0 Å². The second-order valence-corrected chi connectivity index (χ2v) is 12.6. The lowest BCUT2D eigenvalue weighted by molar-refractivity contribution is -0.138. The monoisotopic (exact) mass is 664 g/mol. The first-order chi connectivity index (χ1) is 21.0. The number of hydrogen-bond acceptors (Lipinski definition) is 4. The van der Waals surface area contributed by atoms with Crippen LogP contribution in [-0.4, -0.2) is 41.0 Å². The van der Waals surface area contributed by atoms with E-state index in [1.54, 1.807) is 21.6 Å². The van der Waals surface area contributed by atoms with Crippen molar-refractivity contribution in [2.45, 2.75) is 58.3 Å². The Morgan fingerprint density at radius 1 is 1.14 bits per heavy atom. The molecule has 0 bridgehead atoms. The van der Waals surface area contributed by atoms with E-state index in [4.69, 9.17) is 5.10 Å². The zero-order valence-corrected chi connectivity index (χ0v) is 25.5. The third-order valence-corrected chi connectivity index (χ3v) is 9.37. The SMILES string of the molecule is Cc1nc[nH]c1-c1ccc(-n2c(=O)c3c(n4ncc(CC5CC5)c24)CN(C(=O)c2ccc(Br)c(C(F)(F)F)c2)[C@@H](C)C3)cc1. The summed E-state index contributed by atoms with van der Waals surface area (Å²) in [6.45, 7) is 3.78. The van der Waals surface area contributed by atoms with Crippen LogP contribution in [0.15, 0.2) is 64.3 Å². The van der Waals surface area contributed by atoms with E-state index in [1.807, 2.05) is 38.1 Å². The smallest absolute Gasteiger partial charge is 0.344 e. The number of benzene rings is 2. The highest BCUT2D eigenvalue weighted by Gasteiger charge is 2.37. The number of alkyl halides is 3.